The van der Waals surface area contributed by atoms with E-state index < -0.39 is 0 Å². The van der Waals surface area contributed by atoms with E-state index in [0.29, 0.717) is 25.4 Å². The predicted octanol–water partition coefficient (Wildman–Crippen LogP) is 1.03. The third-order valence-corrected chi connectivity index (χ3v) is 4.83. The minimum atomic E-state index is -0.00922. The maximum Gasteiger partial charge on any atom is 0.273 e. The van der Waals surface area contributed by atoms with Gasteiger partial charge in [-0.1, -0.05) is 5.21 Å². The van der Waals surface area contributed by atoms with E-state index in [1.807, 2.05) is 21.9 Å². The van der Waals surface area contributed by atoms with Crippen molar-refractivity contribution in [2.45, 2.75) is 32.1 Å². The fraction of sp³-hybridized carbons (Fsp3) is 0.538. The Morgan fingerprint density at radius 3 is 3.24 bits per heavy atom. The number of ether oxygens (including phenoxy) is 1. The lowest BCUT2D eigenvalue weighted by molar-refractivity contribution is -0.0605. The lowest BCUT2D eigenvalue weighted by atomic mass is 10.00. The number of carbonyl (C=O) groups is 1. The van der Waals surface area contributed by atoms with Crippen molar-refractivity contribution in [3.8, 4) is 0 Å². The van der Waals surface area contributed by atoms with Crippen LogP contribution in [0.2, 0.25) is 0 Å². The summed E-state index contributed by atoms with van der Waals surface area (Å²) in [5, 5.41) is 10.8. The summed E-state index contributed by atoms with van der Waals surface area (Å²) in [5.41, 5.74) is 1.50. The fourth-order valence-electron chi connectivity index (χ4n) is 2.99. The van der Waals surface area contributed by atoms with Crippen LogP contribution >= 0.6 is 11.3 Å². The number of likely N-dealkylation sites (tertiary alicyclic amines) is 1. The Hall–Kier alpha value is -1.80. The van der Waals surface area contributed by atoms with Crippen molar-refractivity contribution in [3.63, 3.8) is 0 Å². The van der Waals surface area contributed by atoms with Gasteiger partial charge in [-0.2, -0.15) is 0 Å². The smallest absolute Gasteiger partial charge is 0.273 e. The Bertz CT molecular complexity index is 682. The van der Waals surface area contributed by atoms with Crippen LogP contribution in [0.5, 0.6) is 0 Å². The summed E-state index contributed by atoms with van der Waals surface area (Å²) in [6.07, 6.45) is 2.65. The van der Waals surface area contributed by atoms with Crippen LogP contribution in [0.3, 0.4) is 0 Å². The lowest BCUT2D eigenvalue weighted by Crippen LogP contribution is -2.50. The van der Waals surface area contributed by atoms with Gasteiger partial charge in [0.15, 0.2) is 0 Å². The average molecular weight is 305 g/mol. The van der Waals surface area contributed by atoms with Gasteiger partial charge in [-0.15, -0.1) is 16.4 Å². The summed E-state index contributed by atoms with van der Waals surface area (Å²) >= 11 is 1.50. The summed E-state index contributed by atoms with van der Waals surface area (Å²) in [4.78, 5) is 18.7. The topological polar surface area (TPSA) is 73.1 Å². The van der Waals surface area contributed by atoms with E-state index in [4.69, 9.17) is 4.74 Å². The van der Waals surface area contributed by atoms with E-state index in [1.165, 1.54) is 11.3 Å². The number of aromatic nitrogens is 4. The van der Waals surface area contributed by atoms with Crippen LogP contribution in [0.1, 0.15) is 33.7 Å². The Morgan fingerprint density at radius 2 is 2.43 bits per heavy atom. The molecule has 1 saturated heterocycles. The van der Waals surface area contributed by atoms with Crippen molar-refractivity contribution in [2.75, 3.05) is 13.1 Å². The molecule has 0 aromatic carbocycles. The quantitative estimate of drug-likeness (QED) is 0.787. The summed E-state index contributed by atoms with van der Waals surface area (Å²) < 4.78 is 7.75. The number of piperidine rings is 1. The number of carbonyl (C=O) groups excluding carboxylic acids is 1. The Kier molecular flexibility index (Phi) is 3.00. The van der Waals surface area contributed by atoms with Crippen molar-refractivity contribution in [2.24, 2.45) is 0 Å². The number of aryl methyl sites for hydroxylation is 1. The summed E-state index contributed by atoms with van der Waals surface area (Å²) in [7, 11) is 0. The average Bonchev–Trinajstić information content (AvgIpc) is 3.14. The zero-order valence-electron chi connectivity index (χ0n) is 11.6. The molecule has 2 atom stereocenters. The first-order valence-electron chi connectivity index (χ1n) is 6.94. The van der Waals surface area contributed by atoms with E-state index in [1.54, 1.807) is 6.20 Å². The van der Waals surface area contributed by atoms with Gasteiger partial charge >= 0.3 is 0 Å². The Labute approximate surface area is 125 Å². The summed E-state index contributed by atoms with van der Waals surface area (Å²) in [6.45, 7) is 3.74. The zero-order valence-corrected chi connectivity index (χ0v) is 12.4. The van der Waals surface area contributed by atoms with Gasteiger partial charge < -0.3 is 9.64 Å². The molecule has 0 radical (unpaired) electrons. The lowest BCUT2D eigenvalue weighted by Gasteiger charge is -2.40. The molecule has 0 spiro atoms. The van der Waals surface area contributed by atoms with Crippen molar-refractivity contribution >= 4 is 17.2 Å². The van der Waals surface area contributed by atoms with Gasteiger partial charge in [-0.25, -0.2) is 9.67 Å². The molecule has 21 heavy (non-hydrogen) atoms. The van der Waals surface area contributed by atoms with E-state index in [9.17, 15) is 4.79 Å². The number of hydrogen-bond acceptors (Lipinski definition) is 6. The predicted molar refractivity (Wildman–Crippen MR) is 75.0 cm³/mol. The molecule has 110 valence electrons. The molecule has 0 bridgehead atoms. The molecule has 0 N–H and O–H groups in total. The highest BCUT2D eigenvalue weighted by molar-refractivity contribution is 7.09. The van der Waals surface area contributed by atoms with Crippen LogP contribution in [0.25, 0.3) is 0 Å². The number of hydrogen-bond donors (Lipinski definition) is 0. The van der Waals surface area contributed by atoms with Crippen LogP contribution in [0.15, 0.2) is 11.6 Å². The molecule has 7 nitrogen and oxygen atoms in total. The molecule has 2 aliphatic rings. The molecule has 0 unspecified atom stereocenters. The maximum atomic E-state index is 12.5. The Morgan fingerprint density at radius 1 is 1.52 bits per heavy atom. The minimum Gasteiger partial charge on any atom is -0.370 e. The molecule has 2 aromatic heterocycles. The van der Waals surface area contributed by atoms with Crippen molar-refractivity contribution in [1.29, 1.82) is 0 Å². The second kappa shape index (κ2) is 4.88. The van der Waals surface area contributed by atoms with Crippen LogP contribution in [-0.4, -0.2) is 50.0 Å². The van der Waals surface area contributed by atoms with Gasteiger partial charge in [0, 0.05) is 18.5 Å². The number of amides is 1. The molecule has 4 heterocycles. The number of nitrogens with zero attached hydrogens (tertiary/aromatic N) is 5. The van der Waals surface area contributed by atoms with Gasteiger partial charge in [0.05, 0.1) is 35.7 Å². The number of rotatable bonds is 1. The second-order valence-electron chi connectivity index (χ2n) is 5.38. The second-order valence-corrected chi connectivity index (χ2v) is 6.44. The van der Waals surface area contributed by atoms with Crippen LogP contribution in [0, 0.1) is 6.92 Å². The molecule has 1 amide bonds. The van der Waals surface area contributed by atoms with E-state index in [-0.39, 0.29) is 18.1 Å². The highest BCUT2D eigenvalue weighted by Gasteiger charge is 2.38. The van der Waals surface area contributed by atoms with Crippen molar-refractivity contribution in [3.05, 3.63) is 28.0 Å². The molecule has 2 aliphatic heterocycles. The highest BCUT2D eigenvalue weighted by atomic mass is 32.1. The monoisotopic (exact) mass is 305 g/mol. The number of fused-ring (bicyclic) bond motifs is 3. The zero-order chi connectivity index (χ0) is 14.4. The summed E-state index contributed by atoms with van der Waals surface area (Å²) in [5.74, 6) is -0.00922. The van der Waals surface area contributed by atoms with Crippen molar-refractivity contribution < 1.29 is 9.53 Å². The molecule has 4 rings (SSSR count). The number of thiazole rings is 1. The minimum absolute atomic E-state index is 0.00922. The van der Waals surface area contributed by atoms with Gasteiger partial charge in [-0.05, 0) is 13.3 Å². The molecule has 0 aliphatic carbocycles. The maximum absolute atomic E-state index is 12.5. The van der Waals surface area contributed by atoms with Crippen LogP contribution < -0.4 is 0 Å². The van der Waals surface area contributed by atoms with E-state index in [2.05, 4.69) is 15.3 Å². The SMILES string of the molecule is Cc1nc(C(=O)N2CC[C@H]3OCc4cnnn4[C@@H]3C2)cs1. The molecular weight excluding hydrogens is 290 g/mol. The first kappa shape index (κ1) is 12.9. The normalized spacial score (nSPS) is 24.5. The van der Waals surface area contributed by atoms with Gasteiger partial charge in [0.25, 0.3) is 5.91 Å². The first-order chi connectivity index (χ1) is 10.2. The molecule has 1 fully saturated rings. The molecule has 2 aromatic rings. The first-order valence-corrected chi connectivity index (χ1v) is 7.82. The van der Waals surface area contributed by atoms with Crippen LogP contribution in [-0.2, 0) is 11.3 Å². The van der Waals surface area contributed by atoms with Gasteiger partial charge in [0.2, 0.25) is 0 Å². The standard InChI is InChI=1S/C13H15N5O2S/c1-8-15-10(7-21-8)13(19)17-3-2-12-11(5-17)18-9(6-20-12)4-14-16-18/h4,7,11-12H,2-3,5-6H2,1H3/t11-,12-/m1/s1. The van der Waals surface area contributed by atoms with E-state index >= 15 is 0 Å². The van der Waals surface area contributed by atoms with Crippen LogP contribution in [0.4, 0.5) is 0 Å². The third-order valence-electron chi connectivity index (χ3n) is 4.05. The van der Waals surface area contributed by atoms with E-state index in [0.717, 1.165) is 17.1 Å². The summed E-state index contributed by atoms with van der Waals surface area (Å²) in [6, 6.07) is 0.0497. The molecule has 0 saturated carbocycles. The van der Waals surface area contributed by atoms with Gasteiger partial charge in [-0.3, -0.25) is 4.79 Å². The Balaban J connectivity index is 1.57. The fourth-order valence-corrected chi connectivity index (χ4v) is 3.57. The largest absolute Gasteiger partial charge is 0.370 e. The third kappa shape index (κ3) is 2.14. The molecule has 8 heteroatoms. The van der Waals surface area contributed by atoms with Crippen molar-refractivity contribution in [1.82, 2.24) is 24.9 Å². The highest BCUT2D eigenvalue weighted by Crippen LogP contribution is 2.30. The van der Waals surface area contributed by atoms with Gasteiger partial charge in [0.1, 0.15) is 5.69 Å². The molecular formula is C13H15N5O2S.